The molecule has 2 heterocycles. The van der Waals surface area contributed by atoms with Crippen LogP contribution in [0.25, 0.3) is 0 Å². The number of benzene rings is 1. The van der Waals surface area contributed by atoms with Gasteiger partial charge in [-0.1, -0.05) is 12.1 Å². The number of hydrogen-bond donors (Lipinski definition) is 1. The third-order valence-corrected chi connectivity index (χ3v) is 3.85. The van der Waals surface area contributed by atoms with Gasteiger partial charge in [0.2, 0.25) is 5.91 Å². The summed E-state index contributed by atoms with van der Waals surface area (Å²) in [6.07, 6.45) is 3.20. The number of nitrogens with one attached hydrogen (secondary N) is 1. The Morgan fingerprint density at radius 1 is 1.32 bits per heavy atom. The van der Waals surface area contributed by atoms with Gasteiger partial charge in [-0.15, -0.1) is 0 Å². The lowest BCUT2D eigenvalue weighted by molar-refractivity contribution is -0.117. The lowest BCUT2D eigenvalue weighted by Crippen LogP contribution is -2.23. The van der Waals surface area contributed by atoms with E-state index in [1.54, 1.807) is 17.2 Å². The van der Waals surface area contributed by atoms with E-state index in [2.05, 4.69) is 10.3 Å². The highest BCUT2D eigenvalue weighted by atomic mass is 19.1. The van der Waals surface area contributed by atoms with E-state index >= 15 is 0 Å². The average molecular weight is 299 g/mol. The fourth-order valence-corrected chi connectivity index (χ4v) is 2.63. The van der Waals surface area contributed by atoms with Crippen molar-refractivity contribution in [2.45, 2.75) is 25.8 Å². The highest BCUT2D eigenvalue weighted by Crippen LogP contribution is 2.23. The molecule has 1 amide bonds. The molecule has 1 saturated heterocycles. The van der Waals surface area contributed by atoms with Crippen molar-refractivity contribution >= 4 is 17.4 Å². The van der Waals surface area contributed by atoms with Gasteiger partial charge in [-0.2, -0.15) is 0 Å². The Morgan fingerprint density at radius 3 is 2.82 bits per heavy atom. The molecule has 3 rings (SSSR count). The number of halogens is 1. The Bertz CT molecular complexity index is 672. The Hall–Kier alpha value is -2.43. The molecular formula is C17H18FN3O. The molecule has 114 valence electrons. The minimum atomic E-state index is -0.248. The summed E-state index contributed by atoms with van der Waals surface area (Å²) < 4.78 is 13.2. The van der Waals surface area contributed by atoms with Gasteiger partial charge in [0.05, 0.1) is 17.9 Å². The molecule has 1 aromatic carbocycles. The summed E-state index contributed by atoms with van der Waals surface area (Å²) in [6, 6.07) is 10.2. The van der Waals surface area contributed by atoms with Gasteiger partial charge in [-0.25, -0.2) is 9.37 Å². The van der Waals surface area contributed by atoms with E-state index < -0.39 is 0 Å². The summed E-state index contributed by atoms with van der Waals surface area (Å²) in [6.45, 7) is 2.71. The topological polar surface area (TPSA) is 45.2 Å². The van der Waals surface area contributed by atoms with Crippen molar-refractivity contribution in [3.05, 3.63) is 54.0 Å². The van der Waals surface area contributed by atoms with Crippen molar-refractivity contribution in [3.8, 4) is 0 Å². The molecule has 1 aliphatic heterocycles. The summed E-state index contributed by atoms with van der Waals surface area (Å²) in [7, 11) is 0. The number of carbonyl (C=O) groups excluding carboxylic acids is 1. The molecule has 1 atom stereocenters. The number of nitrogens with zero attached hydrogens (tertiary/aromatic N) is 2. The number of amides is 1. The third-order valence-electron chi connectivity index (χ3n) is 3.85. The zero-order valence-corrected chi connectivity index (χ0v) is 12.4. The first-order valence-electron chi connectivity index (χ1n) is 7.42. The van der Waals surface area contributed by atoms with Gasteiger partial charge in [0.1, 0.15) is 11.6 Å². The summed E-state index contributed by atoms with van der Waals surface area (Å²) in [4.78, 5) is 17.8. The van der Waals surface area contributed by atoms with E-state index in [4.69, 9.17) is 0 Å². The first-order valence-corrected chi connectivity index (χ1v) is 7.42. The van der Waals surface area contributed by atoms with Gasteiger partial charge in [0, 0.05) is 13.0 Å². The SMILES string of the molecule is C[C@@H](Nc1ccc(N2CCCC2=O)cn1)c1cccc(F)c1. The predicted molar refractivity (Wildman–Crippen MR) is 84.3 cm³/mol. The van der Waals surface area contributed by atoms with E-state index in [1.807, 2.05) is 25.1 Å². The number of pyridine rings is 1. The Morgan fingerprint density at radius 2 is 2.18 bits per heavy atom. The Balaban J connectivity index is 1.69. The van der Waals surface area contributed by atoms with Crippen LogP contribution in [0.15, 0.2) is 42.6 Å². The maximum absolute atomic E-state index is 13.2. The summed E-state index contributed by atoms with van der Waals surface area (Å²) >= 11 is 0. The molecule has 0 bridgehead atoms. The second-order valence-corrected chi connectivity index (χ2v) is 5.47. The maximum atomic E-state index is 13.2. The number of anilines is 2. The molecule has 0 unspecified atom stereocenters. The molecule has 0 spiro atoms. The van der Waals surface area contributed by atoms with Crippen molar-refractivity contribution in [1.29, 1.82) is 0 Å². The lowest BCUT2D eigenvalue weighted by atomic mass is 10.1. The molecule has 1 aliphatic rings. The second kappa shape index (κ2) is 6.13. The van der Waals surface area contributed by atoms with Crippen LogP contribution in [0.2, 0.25) is 0 Å². The smallest absolute Gasteiger partial charge is 0.227 e. The molecule has 2 aromatic rings. The second-order valence-electron chi connectivity index (χ2n) is 5.47. The van der Waals surface area contributed by atoms with Crippen molar-refractivity contribution in [3.63, 3.8) is 0 Å². The lowest BCUT2D eigenvalue weighted by Gasteiger charge is -2.18. The van der Waals surface area contributed by atoms with Gasteiger partial charge in [-0.3, -0.25) is 4.79 Å². The minimum Gasteiger partial charge on any atom is -0.364 e. The van der Waals surface area contributed by atoms with Crippen LogP contribution in [0.5, 0.6) is 0 Å². The van der Waals surface area contributed by atoms with Crippen LogP contribution in [0.1, 0.15) is 31.4 Å². The van der Waals surface area contributed by atoms with E-state index in [1.165, 1.54) is 12.1 Å². The van der Waals surface area contributed by atoms with Crippen LogP contribution >= 0.6 is 0 Å². The van der Waals surface area contributed by atoms with Crippen LogP contribution in [0, 0.1) is 5.82 Å². The van der Waals surface area contributed by atoms with Gasteiger partial charge >= 0.3 is 0 Å². The van der Waals surface area contributed by atoms with Crippen molar-refractivity contribution in [2.24, 2.45) is 0 Å². The molecule has 1 N–H and O–H groups in total. The highest BCUT2D eigenvalue weighted by molar-refractivity contribution is 5.95. The Kier molecular flexibility index (Phi) is 4.04. The largest absolute Gasteiger partial charge is 0.364 e. The zero-order chi connectivity index (χ0) is 15.5. The fourth-order valence-electron chi connectivity index (χ4n) is 2.63. The molecule has 5 heteroatoms. The molecule has 0 saturated carbocycles. The molecule has 0 radical (unpaired) electrons. The predicted octanol–water partition coefficient (Wildman–Crippen LogP) is 3.52. The van der Waals surface area contributed by atoms with Crippen LogP contribution in [-0.2, 0) is 4.79 Å². The van der Waals surface area contributed by atoms with Crippen molar-refractivity contribution in [1.82, 2.24) is 4.98 Å². The van der Waals surface area contributed by atoms with E-state index in [9.17, 15) is 9.18 Å². The highest BCUT2D eigenvalue weighted by Gasteiger charge is 2.21. The minimum absolute atomic E-state index is 0.0533. The van der Waals surface area contributed by atoms with E-state index in [0.717, 1.165) is 24.2 Å². The standard InChI is InChI=1S/C17H18FN3O/c1-12(13-4-2-5-14(18)10-13)20-16-8-7-15(11-19-16)21-9-3-6-17(21)22/h2,4-5,7-8,10-12H,3,6,9H2,1H3,(H,19,20)/t12-/m1/s1. The maximum Gasteiger partial charge on any atom is 0.227 e. The van der Waals surface area contributed by atoms with E-state index in [-0.39, 0.29) is 17.8 Å². The van der Waals surface area contributed by atoms with Crippen LogP contribution in [0.4, 0.5) is 15.9 Å². The quantitative estimate of drug-likeness (QED) is 0.939. The van der Waals surface area contributed by atoms with Gasteiger partial charge in [0.15, 0.2) is 0 Å². The van der Waals surface area contributed by atoms with Crippen LogP contribution in [0.3, 0.4) is 0 Å². The summed E-state index contributed by atoms with van der Waals surface area (Å²) in [5.41, 5.74) is 1.69. The average Bonchev–Trinajstić information content (AvgIpc) is 2.94. The zero-order valence-electron chi connectivity index (χ0n) is 12.4. The van der Waals surface area contributed by atoms with Gasteiger partial charge in [0.25, 0.3) is 0 Å². The third kappa shape index (κ3) is 3.08. The molecule has 4 nitrogen and oxygen atoms in total. The summed E-state index contributed by atoms with van der Waals surface area (Å²) in [5, 5.41) is 3.23. The normalized spacial score (nSPS) is 15.9. The first kappa shape index (κ1) is 14.5. The van der Waals surface area contributed by atoms with Crippen molar-refractivity contribution in [2.75, 3.05) is 16.8 Å². The van der Waals surface area contributed by atoms with E-state index in [0.29, 0.717) is 12.2 Å². The van der Waals surface area contributed by atoms with Gasteiger partial charge in [-0.05, 0) is 43.2 Å². The summed E-state index contributed by atoms with van der Waals surface area (Å²) in [5.74, 6) is 0.602. The molecule has 22 heavy (non-hydrogen) atoms. The molecule has 1 fully saturated rings. The number of rotatable bonds is 4. The Labute approximate surface area is 129 Å². The molecular weight excluding hydrogens is 281 g/mol. The molecule has 0 aliphatic carbocycles. The monoisotopic (exact) mass is 299 g/mol. The first-order chi connectivity index (χ1) is 10.6. The number of hydrogen-bond acceptors (Lipinski definition) is 3. The molecule has 1 aromatic heterocycles. The van der Waals surface area contributed by atoms with Gasteiger partial charge < -0.3 is 10.2 Å². The number of aromatic nitrogens is 1. The van der Waals surface area contributed by atoms with Crippen LogP contribution < -0.4 is 10.2 Å². The van der Waals surface area contributed by atoms with Crippen LogP contribution in [-0.4, -0.2) is 17.4 Å². The number of carbonyl (C=O) groups is 1. The van der Waals surface area contributed by atoms with Crippen molar-refractivity contribution < 1.29 is 9.18 Å². The fraction of sp³-hybridized carbons (Fsp3) is 0.294.